The zero-order valence-electron chi connectivity index (χ0n) is 18.2. The second-order valence-electron chi connectivity index (χ2n) is 8.00. The molecule has 2 aromatic heterocycles. The van der Waals surface area contributed by atoms with Crippen molar-refractivity contribution in [2.45, 2.75) is 25.1 Å². The molecule has 1 aliphatic rings. The number of aliphatic carboxylic acids is 1. The molecule has 2 atom stereocenters. The van der Waals surface area contributed by atoms with E-state index in [1.54, 1.807) is 11.0 Å². The zero-order valence-corrected chi connectivity index (χ0v) is 18.2. The number of carbonyl (C=O) groups is 2. The summed E-state index contributed by atoms with van der Waals surface area (Å²) in [6, 6.07) is 12.4. The lowest BCUT2D eigenvalue weighted by molar-refractivity contribution is -0.201. The summed E-state index contributed by atoms with van der Waals surface area (Å²) in [6.45, 7) is -0.249. The minimum Gasteiger partial charge on any atom is -0.481 e. The van der Waals surface area contributed by atoms with Gasteiger partial charge in [0.2, 0.25) is 5.95 Å². The number of ether oxygens (including phenoxy) is 1. The van der Waals surface area contributed by atoms with Crippen molar-refractivity contribution in [1.82, 2.24) is 20.2 Å². The van der Waals surface area contributed by atoms with Gasteiger partial charge in [0.15, 0.2) is 0 Å². The fourth-order valence-corrected chi connectivity index (χ4v) is 3.86. The van der Waals surface area contributed by atoms with Gasteiger partial charge in [-0.25, -0.2) is 9.78 Å². The maximum atomic E-state index is 12.6. The van der Waals surface area contributed by atoms with Crippen molar-refractivity contribution >= 4 is 29.5 Å². The summed E-state index contributed by atoms with van der Waals surface area (Å²) in [7, 11) is 0. The third-order valence-corrected chi connectivity index (χ3v) is 5.47. The Kier molecular flexibility index (Phi) is 6.85. The standard InChI is InChI=1S/C22H21F3N6O4/c23-22(24,25)20(34)35-12-16-9-18(28-17-6-7-26-30-17)29-21(27-16)31-10-14(8-15(11-31)19(32)33)13-4-2-1-3-5-13/h1-7,9,14-15H,8,10-12H2,(H,32,33)(H2,26,27,28,29,30)/t14-,15?/m0/s1. The number of benzene rings is 1. The maximum absolute atomic E-state index is 12.6. The van der Waals surface area contributed by atoms with E-state index in [4.69, 9.17) is 0 Å². The van der Waals surface area contributed by atoms with Crippen molar-refractivity contribution in [2.24, 2.45) is 5.92 Å². The molecule has 1 aromatic carbocycles. The van der Waals surface area contributed by atoms with E-state index in [-0.39, 0.29) is 29.9 Å². The predicted molar refractivity (Wildman–Crippen MR) is 117 cm³/mol. The molecule has 10 nitrogen and oxygen atoms in total. The van der Waals surface area contributed by atoms with E-state index in [2.05, 4.69) is 30.2 Å². The minimum absolute atomic E-state index is 0.00308. The van der Waals surface area contributed by atoms with E-state index in [9.17, 15) is 27.9 Å². The van der Waals surface area contributed by atoms with Gasteiger partial charge in [0.25, 0.3) is 0 Å². The lowest BCUT2D eigenvalue weighted by atomic mass is 9.84. The van der Waals surface area contributed by atoms with E-state index in [1.807, 2.05) is 30.3 Å². The number of hydrogen-bond donors (Lipinski definition) is 3. The summed E-state index contributed by atoms with van der Waals surface area (Å²) < 4.78 is 42.1. The van der Waals surface area contributed by atoms with Crippen molar-refractivity contribution in [3.05, 3.63) is 59.9 Å². The second kappa shape index (κ2) is 9.99. The van der Waals surface area contributed by atoms with Gasteiger partial charge in [0.05, 0.1) is 17.8 Å². The summed E-state index contributed by atoms with van der Waals surface area (Å²) >= 11 is 0. The average molecular weight is 490 g/mol. The molecule has 3 heterocycles. The van der Waals surface area contributed by atoms with Gasteiger partial charge in [0.1, 0.15) is 18.2 Å². The Morgan fingerprint density at radius 3 is 2.60 bits per heavy atom. The van der Waals surface area contributed by atoms with Crippen molar-refractivity contribution < 1.29 is 32.6 Å². The van der Waals surface area contributed by atoms with Crippen LogP contribution in [0.1, 0.15) is 23.6 Å². The lowest BCUT2D eigenvalue weighted by Crippen LogP contribution is -2.43. The van der Waals surface area contributed by atoms with Crippen molar-refractivity contribution in [3.8, 4) is 0 Å². The van der Waals surface area contributed by atoms with Crippen molar-refractivity contribution in [2.75, 3.05) is 23.3 Å². The molecule has 1 saturated heterocycles. The zero-order chi connectivity index (χ0) is 25.0. The Morgan fingerprint density at radius 2 is 1.94 bits per heavy atom. The maximum Gasteiger partial charge on any atom is 0.490 e. The number of carboxylic acid groups (broad SMARTS) is 1. The highest BCUT2D eigenvalue weighted by Crippen LogP contribution is 2.33. The quantitative estimate of drug-likeness (QED) is 0.427. The number of esters is 1. The van der Waals surface area contributed by atoms with E-state index < -0.39 is 30.6 Å². The number of carboxylic acids is 1. The summed E-state index contributed by atoms with van der Waals surface area (Å²) in [5.41, 5.74) is 0.956. The molecule has 0 spiro atoms. The average Bonchev–Trinajstić information content (AvgIpc) is 3.35. The number of aromatic nitrogens is 4. The number of carbonyl (C=O) groups excluding carboxylic acids is 1. The highest BCUT2D eigenvalue weighted by Gasteiger charge is 2.41. The number of hydrogen-bond acceptors (Lipinski definition) is 8. The summed E-state index contributed by atoms with van der Waals surface area (Å²) in [6.07, 6.45) is -3.24. The molecule has 35 heavy (non-hydrogen) atoms. The molecular formula is C22H21F3N6O4. The highest BCUT2D eigenvalue weighted by atomic mass is 19.4. The van der Waals surface area contributed by atoms with E-state index in [0.717, 1.165) is 5.56 Å². The normalized spacial score (nSPS) is 18.2. The lowest BCUT2D eigenvalue weighted by Gasteiger charge is -2.36. The van der Waals surface area contributed by atoms with Crippen LogP contribution < -0.4 is 10.2 Å². The van der Waals surface area contributed by atoms with Crippen LogP contribution in [0.5, 0.6) is 0 Å². The van der Waals surface area contributed by atoms with Gasteiger partial charge in [-0.2, -0.15) is 23.3 Å². The summed E-state index contributed by atoms with van der Waals surface area (Å²) in [4.78, 5) is 33.4. The largest absolute Gasteiger partial charge is 0.490 e. The fraction of sp³-hybridized carbons (Fsp3) is 0.318. The van der Waals surface area contributed by atoms with Gasteiger partial charge in [0, 0.05) is 31.1 Å². The van der Waals surface area contributed by atoms with Gasteiger partial charge < -0.3 is 20.1 Å². The number of H-pyrrole nitrogens is 1. The fourth-order valence-electron chi connectivity index (χ4n) is 3.86. The van der Waals surface area contributed by atoms with Gasteiger partial charge in [-0.05, 0) is 12.0 Å². The van der Waals surface area contributed by atoms with Crippen molar-refractivity contribution in [1.29, 1.82) is 0 Å². The SMILES string of the molecule is O=C(O)C1C[C@H](c2ccccc2)CN(c2nc(COC(=O)C(F)(F)F)cc(Nc3ccn[nH]3)n2)C1. The first kappa shape index (κ1) is 24.0. The van der Waals surface area contributed by atoms with Crippen LogP contribution in [0, 0.1) is 5.92 Å². The number of piperidine rings is 1. The Bertz CT molecular complexity index is 1170. The van der Waals surface area contributed by atoms with E-state index in [1.165, 1.54) is 12.3 Å². The van der Waals surface area contributed by atoms with Gasteiger partial charge >= 0.3 is 18.1 Å². The first-order chi connectivity index (χ1) is 16.7. The summed E-state index contributed by atoms with van der Waals surface area (Å²) in [5, 5.41) is 19.1. The number of anilines is 3. The van der Waals surface area contributed by atoms with Crippen LogP contribution in [0.25, 0.3) is 0 Å². The molecule has 0 amide bonds. The first-order valence-electron chi connectivity index (χ1n) is 10.6. The number of alkyl halides is 3. The van der Waals surface area contributed by atoms with Crippen LogP contribution in [-0.4, -0.2) is 56.5 Å². The number of aromatic amines is 1. The first-order valence-corrected chi connectivity index (χ1v) is 10.6. The van der Waals surface area contributed by atoms with E-state index in [0.29, 0.717) is 18.8 Å². The van der Waals surface area contributed by atoms with Crippen LogP contribution in [0.4, 0.5) is 30.8 Å². The predicted octanol–water partition coefficient (Wildman–Crippen LogP) is 3.24. The smallest absolute Gasteiger partial charge is 0.481 e. The Morgan fingerprint density at radius 1 is 1.17 bits per heavy atom. The molecule has 1 fully saturated rings. The van der Waals surface area contributed by atoms with Crippen LogP contribution in [0.3, 0.4) is 0 Å². The van der Waals surface area contributed by atoms with Crippen LogP contribution in [0.2, 0.25) is 0 Å². The molecule has 1 unspecified atom stereocenters. The van der Waals surface area contributed by atoms with Gasteiger partial charge in [-0.1, -0.05) is 30.3 Å². The third kappa shape index (κ3) is 6.05. The summed E-state index contributed by atoms with van der Waals surface area (Å²) in [5.74, 6) is -3.41. The third-order valence-electron chi connectivity index (χ3n) is 5.47. The molecule has 0 radical (unpaired) electrons. The molecule has 13 heteroatoms. The number of halogens is 3. The van der Waals surface area contributed by atoms with Crippen molar-refractivity contribution in [3.63, 3.8) is 0 Å². The monoisotopic (exact) mass is 490 g/mol. The number of rotatable bonds is 7. The second-order valence-corrected chi connectivity index (χ2v) is 8.00. The Hall–Kier alpha value is -4.16. The Balaban J connectivity index is 1.64. The minimum atomic E-state index is -5.14. The molecule has 0 bridgehead atoms. The highest BCUT2D eigenvalue weighted by molar-refractivity contribution is 5.75. The van der Waals surface area contributed by atoms with Crippen LogP contribution >= 0.6 is 0 Å². The number of nitrogens with one attached hydrogen (secondary N) is 2. The van der Waals surface area contributed by atoms with E-state index >= 15 is 0 Å². The molecular weight excluding hydrogens is 469 g/mol. The molecule has 0 saturated carbocycles. The molecule has 184 valence electrons. The molecule has 3 aromatic rings. The van der Waals surface area contributed by atoms with Crippen LogP contribution in [0.15, 0.2) is 48.7 Å². The van der Waals surface area contributed by atoms with Gasteiger partial charge in [-0.15, -0.1) is 0 Å². The number of nitrogens with zero attached hydrogens (tertiary/aromatic N) is 4. The molecule has 3 N–H and O–H groups in total. The molecule has 0 aliphatic carbocycles. The topological polar surface area (TPSA) is 133 Å². The Labute approximate surface area is 197 Å². The molecule has 4 rings (SSSR count). The molecule has 1 aliphatic heterocycles. The van der Waals surface area contributed by atoms with Crippen LogP contribution in [-0.2, 0) is 20.9 Å². The van der Waals surface area contributed by atoms with Gasteiger partial charge in [-0.3, -0.25) is 9.89 Å².